The summed E-state index contributed by atoms with van der Waals surface area (Å²) in [5, 5.41) is 0. The lowest BCUT2D eigenvalue weighted by Crippen LogP contribution is -2.38. The van der Waals surface area contributed by atoms with Crippen LogP contribution in [0.5, 0.6) is 0 Å². The molecular weight excluding hydrogens is 194 g/mol. The van der Waals surface area contributed by atoms with Gasteiger partial charge in [-0.1, -0.05) is 38.1 Å². The average Bonchev–Trinajstić information content (AvgIpc) is 2.33. The average molecular weight is 217 g/mol. The highest BCUT2D eigenvalue weighted by atomic mass is 15.1. The number of hydrogen-bond acceptors (Lipinski definition) is 1. The molecule has 16 heavy (non-hydrogen) atoms. The second-order valence-electron chi connectivity index (χ2n) is 5.42. The highest BCUT2D eigenvalue weighted by Gasteiger charge is 2.30. The summed E-state index contributed by atoms with van der Waals surface area (Å²) in [4.78, 5) is 2.44. The maximum Gasteiger partial charge on any atom is -0.00134 e. The molecule has 0 amide bonds. The fraction of sp³-hybridized carbons (Fsp3) is 0.600. The van der Waals surface area contributed by atoms with Crippen molar-refractivity contribution < 1.29 is 0 Å². The van der Waals surface area contributed by atoms with Gasteiger partial charge in [-0.3, -0.25) is 0 Å². The van der Waals surface area contributed by atoms with Crippen LogP contribution in [0, 0.1) is 0 Å². The molecule has 0 atom stereocenters. The summed E-state index contributed by atoms with van der Waals surface area (Å²) in [6, 6.07) is 9.18. The zero-order valence-electron chi connectivity index (χ0n) is 10.8. The summed E-state index contributed by atoms with van der Waals surface area (Å²) < 4.78 is 0. The third-order valence-electron chi connectivity index (χ3n) is 4.12. The van der Waals surface area contributed by atoms with E-state index in [0.717, 1.165) is 6.42 Å². The van der Waals surface area contributed by atoms with Gasteiger partial charge >= 0.3 is 0 Å². The Morgan fingerprint density at radius 3 is 2.56 bits per heavy atom. The predicted octanol–water partition coefficient (Wildman–Crippen LogP) is 3.23. The van der Waals surface area contributed by atoms with Gasteiger partial charge in [-0.25, -0.2) is 0 Å². The summed E-state index contributed by atoms with van der Waals surface area (Å²) in [6.45, 7) is 7.12. The molecule has 1 saturated heterocycles. The van der Waals surface area contributed by atoms with Crippen molar-refractivity contribution in [2.45, 2.75) is 38.5 Å². The van der Waals surface area contributed by atoms with Gasteiger partial charge < -0.3 is 4.90 Å². The van der Waals surface area contributed by atoms with E-state index < -0.39 is 0 Å². The molecule has 1 heteroatoms. The van der Waals surface area contributed by atoms with Gasteiger partial charge in [-0.15, -0.1) is 0 Å². The first-order valence-electron chi connectivity index (χ1n) is 6.42. The van der Waals surface area contributed by atoms with Gasteiger partial charge in [0.15, 0.2) is 0 Å². The summed E-state index contributed by atoms with van der Waals surface area (Å²) in [5.41, 5.74) is 3.41. The second kappa shape index (κ2) is 4.58. The molecule has 1 aliphatic heterocycles. The molecule has 0 spiro atoms. The van der Waals surface area contributed by atoms with Gasteiger partial charge in [0.25, 0.3) is 0 Å². The highest BCUT2D eigenvalue weighted by Crippen LogP contribution is 2.34. The van der Waals surface area contributed by atoms with Crippen molar-refractivity contribution in [3.8, 4) is 0 Å². The van der Waals surface area contributed by atoms with Crippen LogP contribution in [-0.4, -0.2) is 25.0 Å². The Morgan fingerprint density at radius 2 is 1.94 bits per heavy atom. The van der Waals surface area contributed by atoms with E-state index in [0.29, 0.717) is 5.41 Å². The molecule has 2 rings (SSSR count). The molecule has 1 heterocycles. The number of aryl methyl sites for hydroxylation is 1. The van der Waals surface area contributed by atoms with Crippen molar-refractivity contribution in [3.63, 3.8) is 0 Å². The molecule has 0 aliphatic carbocycles. The van der Waals surface area contributed by atoms with Crippen LogP contribution in [0.2, 0.25) is 0 Å². The number of piperidine rings is 1. The van der Waals surface area contributed by atoms with E-state index in [1.807, 2.05) is 0 Å². The molecule has 0 saturated carbocycles. The number of hydrogen-bond donors (Lipinski definition) is 0. The SMILES string of the molecule is CCc1cccc(C2(C)CCN(C)CC2)c1. The maximum absolute atomic E-state index is 2.44. The van der Waals surface area contributed by atoms with Crippen molar-refractivity contribution in [3.05, 3.63) is 35.4 Å². The standard InChI is InChI=1S/C15H23N/c1-4-13-6-5-7-14(12-13)15(2)8-10-16(3)11-9-15/h5-7,12H,4,8-11H2,1-3H3. The molecule has 0 N–H and O–H groups in total. The van der Waals surface area contributed by atoms with Crippen molar-refractivity contribution in [1.29, 1.82) is 0 Å². The van der Waals surface area contributed by atoms with Crippen LogP contribution in [0.15, 0.2) is 24.3 Å². The first kappa shape index (κ1) is 11.7. The van der Waals surface area contributed by atoms with Gasteiger partial charge in [0, 0.05) is 0 Å². The minimum Gasteiger partial charge on any atom is -0.306 e. The van der Waals surface area contributed by atoms with E-state index in [1.165, 1.54) is 31.5 Å². The van der Waals surface area contributed by atoms with Crippen LogP contribution in [0.25, 0.3) is 0 Å². The minimum absolute atomic E-state index is 0.400. The molecule has 0 aromatic heterocycles. The third-order valence-corrected chi connectivity index (χ3v) is 4.12. The van der Waals surface area contributed by atoms with Crippen LogP contribution >= 0.6 is 0 Å². The van der Waals surface area contributed by atoms with Crippen LogP contribution in [0.1, 0.15) is 37.8 Å². The van der Waals surface area contributed by atoms with Crippen LogP contribution in [-0.2, 0) is 11.8 Å². The van der Waals surface area contributed by atoms with E-state index in [-0.39, 0.29) is 0 Å². The number of benzene rings is 1. The zero-order chi connectivity index (χ0) is 11.6. The summed E-state index contributed by atoms with van der Waals surface area (Å²) >= 11 is 0. The number of nitrogens with zero attached hydrogens (tertiary/aromatic N) is 1. The van der Waals surface area contributed by atoms with Gasteiger partial charge in [-0.2, -0.15) is 0 Å². The summed E-state index contributed by atoms with van der Waals surface area (Å²) in [6.07, 6.45) is 3.72. The molecule has 1 aromatic rings. The van der Waals surface area contributed by atoms with Gasteiger partial charge in [-0.05, 0) is 55.9 Å². The highest BCUT2D eigenvalue weighted by molar-refractivity contribution is 5.30. The van der Waals surface area contributed by atoms with E-state index in [2.05, 4.69) is 50.1 Å². The molecule has 88 valence electrons. The fourth-order valence-corrected chi connectivity index (χ4v) is 2.57. The first-order chi connectivity index (χ1) is 7.64. The van der Waals surface area contributed by atoms with Crippen molar-refractivity contribution in [1.82, 2.24) is 4.90 Å². The fourth-order valence-electron chi connectivity index (χ4n) is 2.57. The zero-order valence-corrected chi connectivity index (χ0v) is 10.8. The van der Waals surface area contributed by atoms with Crippen LogP contribution < -0.4 is 0 Å². The Balaban J connectivity index is 2.21. The van der Waals surface area contributed by atoms with E-state index in [4.69, 9.17) is 0 Å². The molecule has 1 aliphatic rings. The largest absolute Gasteiger partial charge is 0.306 e. The molecule has 1 fully saturated rings. The van der Waals surface area contributed by atoms with E-state index in [9.17, 15) is 0 Å². The summed E-state index contributed by atoms with van der Waals surface area (Å²) in [5.74, 6) is 0. The molecule has 0 bridgehead atoms. The Bertz CT molecular complexity index is 348. The monoisotopic (exact) mass is 217 g/mol. The Kier molecular flexibility index (Phi) is 3.34. The maximum atomic E-state index is 2.44. The van der Waals surface area contributed by atoms with Gasteiger partial charge in [0.2, 0.25) is 0 Å². The van der Waals surface area contributed by atoms with Crippen molar-refractivity contribution in [2.75, 3.05) is 20.1 Å². The van der Waals surface area contributed by atoms with E-state index in [1.54, 1.807) is 5.56 Å². The molecule has 0 radical (unpaired) electrons. The first-order valence-corrected chi connectivity index (χ1v) is 6.42. The molecule has 0 unspecified atom stereocenters. The molecule has 1 aromatic carbocycles. The lowest BCUT2D eigenvalue weighted by molar-refractivity contribution is 0.200. The quantitative estimate of drug-likeness (QED) is 0.735. The van der Waals surface area contributed by atoms with Gasteiger partial charge in [0.05, 0.1) is 0 Å². The lowest BCUT2D eigenvalue weighted by atomic mass is 9.74. The summed E-state index contributed by atoms with van der Waals surface area (Å²) in [7, 11) is 2.22. The third kappa shape index (κ3) is 2.30. The smallest absolute Gasteiger partial charge is 0.00134 e. The lowest BCUT2D eigenvalue weighted by Gasteiger charge is -2.38. The second-order valence-corrected chi connectivity index (χ2v) is 5.42. The Hall–Kier alpha value is -0.820. The van der Waals surface area contributed by atoms with Gasteiger partial charge in [0.1, 0.15) is 0 Å². The van der Waals surface area contributed by atoms with Crippen molar-refractivity contribution >= 4 is 0 Å². The Morgan fingerprint density at radius 1 is 1.25 bits per heavy atom. The predicted molar refractivity (Wildman–Crippen MR) is 69.9 cm³/mol. The topological polar surface area (TPSA) is 3.24 Å². The van der Waals surface area contributed by atoms with Crippen LogP contribution in [0.3, 0.4) is 0 Å². The molecule has 1 nitrogen and oxygen atoms in total. The van der Waals surface area contributed by atoms with E-state index >= 15 is 0 Å². The van der Waals surface area contributed by atoms with Crippen molar-refractivity contribution in [2.24, 2.45) is 0 Å². The minimum atomic E-state index is 0.400. The molecular formula is C15H23N. The Labute approximate surface area is 99.5 Å². The van der Waals surface area contributed by atoms with Crippen LogP contribution in [0.4, 0.5) is 0 Å². The number of likely N-dealkylation sites (tertiary alicyclic amines) is 1. The number of rotatable bonds is 2. The normalized spacial score (nSPS) is 20.9.